The minimum absolute atomic E-state index is 0.221. The highest BCUT2D eigenvalue weighted by Crippen LogP contribution is 2.34. The van der Waals surface area contributed by atoms with E-state index in [-0.39, 0.29) is 18.7 Å². The SMILES string of the molecule is CC(C)(C)OC(=O)Nc1ncccc1[C@@H]1CCCCN1C(=O)OCc1ccccc1. The predicted octanol–water partition coefficient (Wildman–Crippen LogP) is 5.29. The zero-order valence-electron chi connectivity index (χ0n) is 17.8. The quantitative estimate of drug-likeness (QED) is 0.739. The molecule has 2 heterocycles. The fourth-order valence-electron chi connectivity index (χ4n) is 3.47. The number of aromatic nitrogens is 1. The van der Waals surface area contributed by atoms with E-state index in [2.05, 4.69) is 10.3 Å². The van der Waals surface area contributed by atoms with Crippen LogP contribution in [0.25, 0.3) is 0 Å². The van der Waals surface area contributed by atoms with E-state index in [1.807, 2.05) is 36.4 Å². The highest BCUT2D eigenvalue weighted by atomic mass is 16.6. The van der Waals surface area contributed by atoms with E-state index in [9.17, 15) is 9.59 Å². The van der Waals surface area contributed by atoms with Gasteiger partial charge in [-0.15, -0.1) is 0 Å². The summed E-state index contributed by atoms with van der Waals surface area (Å²) < 4.78 is 10.9. The van der Waals surface area contributed by atoms with Crippen molar-refractivity contribution in [1.29, 1.82) is 0 Å². The Kier molecular flexibility index (Phi) is 6.92. The van der Waals surface area contributed by atoms with Gasteiger partial charge in [-0.2, -0.15) is 0 Å². The molecule has 1 aromatic heterocycles. The first-order chi connectivity index (χ1) is 14.3. The lowest BCUT2D eigenvalue weighted by Crippen LogP contribution is -2.39. The molecule has 1 aliphatic heterocycles. The number of carbonyl (C=O) groups excluding carboxylic acids is 2. The highest BCUT2D eigenvalue weighted by molar-refractivity contribution is 5.84. The second-order valence-corrected chi connectivity index (χ2v) is 8.31. The number of nitrogens with one attached hydrogen (secondary N) is 1. The van der Waals surface area contributed by atoms with E-state index in [0.717, 1.165) is 30.4 Å². The summed E-state index contributed by atoms with van der Waals surface area (Å²) in [6, 6.07) is 13.1. The van der Waals surface area contributed by atoms with Gasteiger partial charge in [0.1, 0.15) is 18.0 Å². The first-order valence-corrected chi connectivity index (χ1v) is 10.3. The van der Waals surface area contributed by atoms with Gasteiger partial charge in [-0.3, -0.25) is 5.32 Å². The summed E-state index contributed by atoms with van der Waals surface area (Å²) in [5.74, 6) is 0.402. The summed E-state index contributed by atoms with van der Waals surface area (Å²) in [5.41, 5.74) is 1.10. The Balaban J connectivity index is 1.74. The standard InChI is InChI=1S/C23H29N3O4/c1-23(2,3)30-21(27)25-20-18(12-9-14-24-20)19-13-7-8-15-26(19)22(28)29-16-17-10-5-4-6-11-17/h4-6,9-12,14,19H,7-8,13,15-16H2,1-3H3,(H,24,25,27)/t19-/m0/s1. The van der Waals surface area contributed by atoms with Crippen LogP contribution in [0.15, 0.2) is 48.7 Å². The van der Waals surface area contributed by atoms with Gasteiger partial charge in [0.05, 0.1) is 6.04 Å². The number of anilines is 1. The molecule has 1 N–H and O–H groups in total. The zero-order valence-corrected chi connectivity index (χ0v) is 17.8. The van der Waals surface area contributed by atoms with Crippen LogP contribution in [-0.2, 0) is 16.1 Å². The van der Waals surface area contributed by atoms with Gasteiger partial charge in [0.15, 0.2) is 0 Å². The Labute approximate surface area is 177 Å². The summed E-state index contributed by atoms with van der Waals surface area (Å²) in [6.45, 7) is 6.23. The van der Waals surface area contributed by atoms with Gasteiger partial charge in [-0.25, -0.2) is 14.6 Å². The molecule has 2 aromatic rings. The van der Waals surface area contributed by atoms with Crippen LogP contribution in [0.1, 0.15) is 57.2 Å². The first kappa shape index (κ1) is 21.6. The van der Waals surface area contributed by atoms with Crippen LogP contribution in [0.3, 0.4) is 0 Å². The van der Waals surface area contributed by atoms with E-state index < -0.39 is 11.7 Å². The Morgan fingerprint density at radius 3 is 2.63 bits per heavy atom. The van der Waals surface area contributed by atoms with Gasteiger partial charge in [-0.05, 0) is 51.7 Å². The molecule has 0 unspecified atom stereocenters. The molecule has 30 heavy (non-hydrogen) atoms. The monoisotopic (exact) mass is 411 g/mol. The minimum Gasteiger partial charge on any atom is -0.445 e. The third kappa shape index (κ3) is 5.95. The van der Waals surface area contributed by atoms with Crippen LogP contribution in [0.5, 0.6) is 0 Å². The zero-order chi connectivity index (χ0) is 21.6. The van der Waals surface area contributed by atoms with E-state index in [1.54, 1.807) is 37.9 Å². The van der Waals surface area contributed by atoms with Crippen molar-refractivity contribution in [2.75, 3.05) is 11.9 Å². The summed E-state index contributed by atoms with van der Waals surface area (Å²) in [5, 5.41) is 2.73. The lowest BCUT2D eigenvalue weighted by Gasteiger charge is -2.35. The fraction of sp³-hybridized carbons (Fsp3) is 0.435. The molecule has 1 saturated heterocycles. The number of piperidine rings is 1. The van der Waals surface area contributed by atoms with Crippen molar-refractivity contribution in [2.45, 2.75) is 58.3 Å². The van der Waals surface area contributed by atoms with Crippen molar-refractivity contribution in [3.63, 3.8) is 0 Å². The number of pyridine rings is 1. The number of hydrogen-bond acceptors (Lipinski definition) is 5. The summed E-state index contributed by atoms with van der Waals surface area (Å²) in [4.78, 5) is 31.2. The second-order valence-electron chi connectivity index (χ2n) is 8.31. The fourth-order valence-corrected chi connectivity index (χ4v) is 3.47. The maximum atomic E-state index is 12.8. The maximum absolute atomic E-state index is 12.8. The Hall–Kier alpha value is -3.09. The second kappa shape index (κ2) is 9.61. The highest BCUT2D eigenvalue weighted by Gasteiger charge is 2.31. The molecule has 0 bridgehead atoms. The van der Waals surface area contributed by atoms with Crippen molar-refractivity contribution < 1.29 is 19.1 Å². The Morgan fingerprint density at radius 2 is 1.90 bits per heavy atom. The van der Waals surface area contributed by atoms with Crippen LogP contribution >= 0.6 is 0 Å². The normalized spacial score (nSPS) is 16.6. The topological polar surface area (TPSA) is 80.8 Å². The van der Waals surface area contributed by atoms with Gasteiger partial charge in [0, 0.05) is 18.3 Å². The van der Waals surface area contributed by atoms with Gasteiger partial charge >= 0.3 is 12.2 Å². The largest absolute Gasteiger partial charge is 0.445 e. The first-order valence-electron chi connectivity index (χ1n) is 10.3. The van der Waals surface area contributed by atoms with Gasteiger partial charge in [0.2, 0.25) is 0 Å². The Bertz CT molecular complexity index is 864. The number of ether oxygens (including phenoxy) is 2. The molecule has 3 rings (SSSR count). The molecule has 1 fully saturated rings. The summed E-state index contributed by atoms with van der Waals surface area (Å²) in [6.07, 6.45) is 3.33. The Morgan fingerprint density at radius 1 is 1.13 bits per heavy atom. The molecule has 2 amide bonds. The van der Waals surface area contributed by atoms with Crippen molar-refractivity contribution in [3.8, 4) is 0 Å². The van der Waals surface area contributed by atoms with Crippen LogP contribution < -0.4 is 5.32 Å². The molecular formula is C23H29N3O4. The molecule has 1 aromatic carbocycles. The number of nitrogens with zero attached hydrogens (tertiary/aromatic N) is 2. The van der Waals surface area contributed by atoms with Crippen molar-refractivity contribution >= 4 is 18.0 Å². The predicted molar refractivity (Wildman–Crippen MR) is 114 cm³/mol. The van der Waals surface area contributed by atoms with Gasteiger partial charge in [0.25, 0.3) is 0 Å². The molecule has 0 aliphatic carbocycles. The summed E-state index contributed by atoms with van der Waals surface area (Å²) >= 11 is 0. The van der Waals surface area contributed by atoms with E-state index in [1.165, 1.54) is 0 Å². The van der Waals surface area contributed by atoms with Crippen molar-refractivity contribution in [2.24, 2.45) is 0 Å². The molecule has 1 aliphatic rings. The third-order valence-corrected chi connectivity index (χ3v) is 4.76. The average molecular weight is 412 g/mol. The number of benzene rings is 1. The molecule has 1 atom stereocenters. The van der Waals surface area contributed by atoms with Gasteiger partial charge < -0.3 is 14.4 Å². The van der Waals surface area contributed by atoms with Crippen molar-refractivity contribution in [3.05, 3.63) is 59.8 Å². The maximum Gasteiger partial charge on any atom is 0.413 e. The van der Waals surface area contributed by atoms with E-state index in [4.69, 9.17) is 9.47 Å². The molecule has 7 nitrogen and oxygen atoms in total. The number of carbonyl (C=O) groups is 2. The summed E-state index contributed by atoms with van der Waals surface area (Å²) in [7, 11) is 0. The molecule has 160 valence electrons. The molecule has 0 spiro atoms. The lowest BCUT2D eigenvalue weighted by atomic mass is 9.96. The number of likely N-dealkylation sites (tertiary alicyclic amines) is 1. The average Bonchev–Trinajstić information content (AvgIpc) is 2.72. The number of hydrogen-bond donors (Lipinski definition) is 1. The number of rotatable bonds is 4. The van der Waals surface area contributed by atoms with E-state index >= 15 is 0 Å². The molecule has 7 heteroatoms. The minimum atomic E-state index is -0.614. The van der Waals surface area contributed by atoms with Crippen LogP contribution in [0.4, 0.5) is 15.4 Å². The van der Waals surface area contributed by atoms with Crippen LogP contribution in [0, 0.1) is 0 Å². The van der Waals surface area contributed by atoms with Crippen molar-refractivity contribution in [1.82, 2.24) is 9.88 Å². The van der Waals surface area contributed by atoms with Gasteiger partial charge in [-0.1, -0.05) is 36.4 Å². The van der Waals surface area contributed by atoms with Crippen LogP contribution in [0.2, 0.25) is 0 Å². The number of amides is 2. The smallest absolute Gasteiger partial charge is 0.413 e. The lowest BCUT2D eigenvalue weighted by molar-refractivity contribution is 0.0634. The molecular weight excluding hydrogens is 382 g/mol. The van der Waals surface area contributed by atoms with Crippen LogP contribution in [-0.4, -0.2) is 34.2 Å². The molecule has 0 radical (unpaired) electrons. The molecule has 0 saturated carbocycles. The third-order valence-electron chi connectivity index (χ3n) is 4.76. The van der Waals surface area contributed by atoms with E-state index in [0.29, 0.717) is 12.4 Å².